The zero-order valence-electron chi connectivity index (χ0n) is 13.1. The van der Waals surface area contributed by atoms with E-state index in [1.807, 2.05) is 0 Å². The fourth-order valence-corrected chi connectivity index (χ4v) is 4.32. The van der Waals surface area contributed by atoms with Crippen LogP contribution in [0.2, 0.25) is 0 Å². The average Bonchev–Trinajstić information content (AvgIpc) is 2.77. The molecule has 0 aliphatic heterocycles. The Morgan fingerprint density at radius 3 is 2.35 bits per heavy atom. The van der Waals surface area contributed by atoms with E-state index in [0.717, 1.165) is 6.04 Å². The maximum atomic E-state index is 4.06. The molecule has 1 nitrogen and oxygen atoms in total. The van der Waals surface area contributed by atoms with Gasteiger partial charge in [0.1, 0.15) is 0 Å². The first-order chi connectivity index (χ1) is 9.67. The van der Waals surface area contributed by atoms with Crippen LogP contribution in [0.1, 0.15) is 70.3 Å². The highest BCUT2D eigenvalue weighted by atomic mass is 15.0. The maximum absolute atomic E-state index is 4.06. The van der Waals surface area contributed by atoms with E-state index in [1.165, 1.54) is 50.5 Å². The third-order valence-electron chi connectivity index (χ3n) is 5.59. The van der Waals surface area contributed by atoms with E-state index in [4.69, 9.17) is 0 Å². The molecule has 2 aliphatic carbocycles. The summed E-state index contributed by atoms with van der Waals surface area (Å²) in [5, 5.41) is 4.06. The molecule has 2 aliphatic rings. The predicted octanol–water partition coefficient (Wildman–Crippen LogP) is 4.88. The lowest BCUT2D eigenvalue weighted by atomic mass is 9.81. The van der Waals surface area contributed by atoms with Gasteiger partial charge < -0.3 is 5.32 Å². The molecule has 0 bridgehead atoms. The molecule has 110 valence electrons. The lowest BCUT2D eigenvalue weighted by Crippen LogP contribution is -2.47. The van der Waals surface area contributed by atoms with Gasteiger partial charge in [0.15, 0.2) is 0 Å². The summed E-state index contributed by atoms with van der Waals surface area (Å²) in [4.78, 5) is 0. The summed E-state index contributed by atoms with van der Waals surface area (Å²) in [6, 6.07) is 12.6. The molecule has 0 heterocycles. The number of hydrogen-bond acceptors (Lipinski definition) is 1. The Hall–Kier alpha value is -0.820. The molecular formula is C19H29N. The molecule has 1 heteroatoms. The van der Waals surface area contributed by atoms with Crippen molar-refractivity contribution in [2.45, 2.75) is 76.8 Å². The molecule has 0 radical (unpaired) electrons. The van der Waals surface area contributed by atoms with Crippen LogP contribution in [0, 0.1) is 5.41 Å². The minimum atomic E-state index is 0.429. The third kappa shape index (κ3) is 2.93. The SMILES string of the molecule is CC1(C)CC[C@H](c2ccccc2)[C@@H]1NC1CCCCC1. The molecule has 3 rings (SSSR count). The fourth-order valence-electron chi connectivity index (χ4n) is 4.32. The number of rotatable bonds is 3. The Morgan fingerprint density at radius 2 is 1.65 bits per heavy atom. The highest BCUT2D eigenvalue weighted by molar-refractivity contribution is 5.24. The lowest BCUT2D eigenvalue weighted by Gasteiger charge is -2.37. The Labute approximate surface area is 124 Å². The van der Waals surface area contributed by atoms with Crippen molar-refractivity contribution in [2.24, 2.45) is 5.41 Å². The van der Waals surface area contributed by atoms with Crippen LogP contribution in [0.15, 0.2) is 30.3 Å². The molecule has 1 N–H and O–H groups in total. The number of nitrogens with one attached hydrogen (secondary N) is 1. The van der Waals surface area contributed by atoms with Gasteiger partial charge in [-0.1, -0.05) is 63.4 Å². The van der Waals surface area contributed by atoms with E-state index in [2.05, 4.69) is 49.5 Å². The molecule has 2 atom stereocenters. The molecule has 0 saturated heterocycles. The van der Waals surface area contributed by atoms with Crippen molar-refractivity contribution in [3.8, 4) is 0 Å². The van der Waals surface area contributed by atoms with Crippen LogP contribution in [-0.2, 0) is 0 Å². The van der Waals surface area contributed by atoms with E-state index >= 15 is 0 Å². The van der Waals surface area contributed by atoms with E-state index in [9.17, 15) is 0 Å². The molecule has 0 amide bonds. The highest BCUT2D eigenvalue weighted by Gasteiger charge is 2.43. The van der Waals surface area contributed by atoms with Gasteiger partial charge in [-0.2, -0.15) is 0 Å². The maximum Gasteiger partial charge on any atom is 0.0189 e. The lowest BCUT2D eigenvalue weighted by molar-refractivity contribution is 0.227. The van der Waals surface area contributed by atoms with Gasteiger partial charge in [-0.25, -0.2) is 0 Å². The first kappa shape index (κ1) is 14.1. The van der Waals surface area contributed by atoms with Crippen LogP contribution in [-0.4, -0.2) is 12.1 Å². The smallest absolute Gasteiger partial charge is 0.0189 e. The quantitative estimate of drug-likeness (QED) is 0.826. The summed E-state index contributed by atoms with van der Waals surface area (Å²) in [5.41, 5.74) is 1.96. The van der Waals surface area contributed by atoms with E-state index in [-0.39, 0.29) is 0 Å². The summed E-state index contributed by atoms with van der Waals surface area (Å²) in [7, 11) is 0. The number of hydrogen-bond donors (Lipinski definition) is 1. The fraction of sp³-hybridized carbons (Fsp3) is 0.684. The normalized spacial score (nSPS) is 30.5. The second kappa shape index (κ2) is 5.89. The minimum absolute atomic E-state index is 0.429. The van der Waals surface area contributed by atoms with Crippen LogP contribution in [0.3, 0.4) is 0 Å². The molecule has 0 unspecified atom stereocenters. The summed E-state index contributed by atoms with van der Waals surface area (Å²) in [6.07, 6.45) is 9.72. The zero-order chi connectivity index (χ0) is 14.0. The average molecular weight is 271 g/mol. The van der Waals surface area contributed by atoms with Crippen molar-refractivity contribution in [3.63, 3.8) is 0 Å². The van der Waals surface area contributed by atoms with Gasteiger partial charge in [-0.05, 0) is 42.6 Å². The predicted molar refractivity (Wildman–Crippen MR) is 86.0 cm³/mol. The first-order valence-electron chi connectivity index (χ1n) is 8.48. The topological polar surface area (TPSA) is 12.0 Å². The van der Waals surface area contributed by atoms with Crippen molar-refractivity contribution in [3.05, 3.63) is 35.9 Å². The summed E-state index contributed by atoms with van der Waals surface area (Å²) >= 11 is 0. The van der Waals surface area contributed by atoms with Crippen molar-refractivity contribution in [2.75, 3.05) is 0 Å². The molecule has 2 saturated carbocycles. The van der Waals surface area contributed by atoms with Gasteiger partial charge in [-0.3, -0.25) is 0 Å². The summed E-state index contributed by atoms with van der Waals surface area (Å²) in [5.74, 6) is 0.702. The molecule has 0 spiro atoms. The van der Waals surface area contributed by atoms with Gasteiger partial charge in [0.05, 0.1) is 0 Å². The molecule has 1 aromatic carbocycles. The van der Waals surface area contributed by atoms with Gasteiger partial charge >= 0.3 is 0 Å². The van der Waals surface area contributed by atoms with Crippen molar-refractivity contribution < 1.29 is 0 Å². The Balaban J connectivity index is 1.76. The van der Waals surface area contributed by atoms with Gasteiger partial charge in [0.25, 0.3) is 0 Å². The summed E-state index contributed by atoms with van der Waals surface area (Å²) in [6.45, 7) is 4.91. The summed E-state index contributed by atoms with van der Waals surface area (Å²) < 4.78 is 0. The van der Waals surface area contributed by atoms with Gasteiger partial charge in [-0.15, -0.1) is 0 Å². The van der Waals surface area contributed by atoms with E-state index in [1.54, 1.807) is 0 Å². The van der Waals surface area contributed by atoms with Crippen LogP contribution in [0.4, 0.5) is 0 Å². The molecule has 1 aromatic rings. The Bertz CT molecular complexity index is 417. The molecule has 2 fully saturated rings. The Morgan fingerprint density at radius 1 is 0.950 bits per heavy atom. The van der Waals surface area contributed by atoms with Crippen LogP contribution < -0.4 is 5.32 Å². The van der Waals surface area contributed by atoms with Crippen LogP contribution >= 0.6 is 0 Å². The van der Waals surface area contributed by atoms with Crippen LogP contribution in [0.25, 0.3) is 0 Å². The van der Waals surface area contributed by atoms with Crippen molar-refractivity contribution >= 4 is 0 Å². The minimum Gasteiger partial charge on any atom is -0.310 e. The van der Waals surface area contributed by atoms with Crippen molar-refractivity contribution in [1.82, 2.24) is 5.32 Å². The molecular weight excluding hydrogens is 242 g/mol. The molecule has 20 heavy (non-hydrogen) atoms. The van der Waals surface area contributed by atoms with E-state index < -0.39 is 0 Å². The second-order valence-electron chi connectivity index (χ2n) is 7.52. The Kier molecular flexibility index (Phi) is 4.16. The second-order valence-corrected chi connectivity index (χ2v) is 7.52. The monoisotopic (exact) mass is 271 g/mol. The largest absolute Gasteiger partial charge is 0.310 e. The van der Waals surface area contributed by atoms with Gasteiger partial charge in [0, 0.05) is 12.1 Å². The standard InChI is InChI=1S/C19H29N/c1-19(2)14-13-17(15-9-5-3-6-10-15)18(19)20-16-11-7-4-8-12-16/h3,5-6,9-10,16-18,20H,4,7-8,11-14H2,1-2H3/t17-,18+/m1/s1. The molecule has 0 aromatic heterocycles. The van der Waals surface area contributed by atoms with Crippen LogP contribution in [0.5, 0.6) is 0 Å². The van der Waals surface area contributed by atoms with E-state index in [0.29, 0.717) is 17.4 Å². The van der Waals surface area contributed by atoms with Gasteiger partial charge in [0.2, 0.25) is 0 Å². The van der Waals surface area contributed by atoms with Crippen molar-refractivity contribution in [1.29, 1.82) is 0 Å². The highest BCUT2D eigenvalue weighted by Crippen LogP contribution is 2.46. The first-order valence-corrected chi connectivity index (χ1v) is 8.48. The zero-order valence-corrected chi connectivity index (χ0v) is 13.1. The third-order valence-corrected chi connectivity index (χ3v) is 5.59. The number of benzene rings is 1.